The molecule has 0 heterocycles. The predicted molar refractivity (Wildman–Crippen MR) is 80.8 cm³/mol. The first-order chi connectivity index (χ1) is 8.38. The van der Waals surface area contributed by atoms with Gasteiger partial charge in [0.1, 0.15) is 5.75 Å². The Morgan fingerprint density at radius 3 is 2.17 bits per heavy atom. The Kier molecular flexibility index (Phi) is 6.16. The van der Waals surface area contributed by atoms with Gasteiger partial charge in [0.25, 0.3) is 0 Å². The number of nitrogens with zero attached hydrogens (tertiary/aromatic N) is 1. The van der Waals surface area contributed by atoms with Gasteiger partial charge in [0.2, 0.25) is 0 Å². The zero-order valence-corrected chi connectivity index (χ0v) is 13.4. The number of rotatable bonds is 6. The fourth-order valence-electron chi connectivity index (χ4n) is 2.16. The zero-order chi connectivity index (χ0) is 13.7. The number of phenols is 1. The molecular weight excluding hydrogens is 290 g/mol. The standard InChI is InChI=1S/C15H24BrNO/c1-11(2)8-17(9-12(3)4)10-13-7-14(16)5-6-15(13)18/h5-7,11-12,18H,8-10H2,1-4H3. The molecule has 0 atom stereocenters. The number of halogens is 1. The predicted octanol–water partition coefficient (Wildman–Crippen LogP) is 4.27. The third-order valence-corrected chi connectivity index (χ3v) is 3.18. The lowest BCUT2D eigenvalue weighted by Gasteiger charge is -2.26. The molecule has 0 aromatic heterocycles. The molecule has 0 saturated heterocycles. The Morgan fingerprint density at radius 1 is 1.11 bits per heavy atom. The van der Waals surface area contributed by atoms with Crippen LogP contribution in [0.2, 0.25) is 0 Å². The molecule has 3 heteroatoms. The third-order valence-electron chi connectivity index (χ3n) is 2.68. The minimum Gasteiger partial charge on any atom is -0.508 e. The first-order valence-electron chi connectivity index (χ1n) is 6.58. The van der Waals surface area contributed by atoms with Gasteiger partial charge in [-0.3, -0.25) is 4.90 Å². The first kappa shape index (κ1) is 15.5. The summed E-state index contributed by atoms with van der Waals surface area (Å²) in [7, 11) is 0. The first-order valence-corrected chi connectivity index (χ1v) is 7.37. The molecule has 0 radical (unpaired) electrons. The summed E-state index contributed by atoms with van der Waals surface area (Å²) in [4.78, 5) is 2.41. The topological polar surface area (TPSA) is 23.5 Å². The van der Waals surface area contributed by atoms with E-state index in [9.17, 15) is 5.11 Å². The summed E-state index contributed by atoms with van der Waals surface area (Å²) in [5.41, 5.74) is 0.991. The van der Waals surface area contributed by atoms with Crippen molar-refractivity contribution < 1.29 is 5.11 Å². The van der Waals surface area contributed by atoms with Crippen molar-refractivity contribution >= 4 is 15.9 Å². The van der Waals surface area contributed by atoms with E-state index in [1.807, 2.05) is 12.1 Å². The molecule has 0 amide bonds. The van der Waals surface area contributed by atoms with Crippen molar-refractivity contribution in [3.63, 3.8) is 0 Å². The lowest BCUT2D eigenvalue weighted by atomic mass is 10.1. The van der Waals surface area contributed by atoms with E-state index >= 15 is 0 Å². The maximum atomic E-state index is 9.90. The van der Waals surface area contributed by atoms with E-state index in [0.29, 0.717) is 17.6 Å². The zero-order valence-electron chi connectivity index (χ0n) is 11.8. The summed E-state index contributed by atoms with van der Waals surface area (Å²) in [5, 5.41) is 9.90. The quantitative estimate of drug-likeness (QED) is 0.847. The van der Waals surface area contributed by atoms with Gasteiger partial charge in [0.15, 0.2) is 0 Å². The fraction of sp³-hybridized carbons (Fsp3) is 0.600. The Morgan fingerprint density at radius 2 is 1.67 bits per heavy atom. The van der Waals surface area contributed by atoms with Crippen LogP contribution in [0.3, 0.4) is 0 Å². The molecular formula is C15H24BrNO. The molecule has 0 unspecified atom stereocenters. The lowest BCUT2D eigenvalue weighted by molar-refractivity contribution is 0.209. The molecule has 1 aromatic carbocycles. The second-order valence-electron chi connectivity index (χ2n) is 5.75. The molecule has 1 rings (SSSR count). The van der Waals surface area contributed by atoms with E-state index in [0.717, 1.165) is 29.7 Å². The Labute approximate surface area is 119 Å². The van der Waals surface area contributed by atoms with Crippen LogP contribution in [0.4, 0.5) is 0 Å². The molecule has 0 bridgehead atoms. The average Bonchev–Trinajstić information content (AvgIpc) is 2.21. The smallest absolute Gasteiger partial charge is 0.120 e. The Balaban J connectivity index is 2.77. The van der Waals surface area contributed by atoms with Gasteiger partial charge in [0, 0.05) is 29.7 Å². The van der Waals surface area contributed by atoms with Crippen molar-refractivity contribution in [2.75, 3.05) is 13.1 Å². The Bertz CT molecular complexity index is 367. The van der Waals surface area contributed by atoms with Crippen LogP contribution in [-0.2, 0) is 6.54 Å². The summed E-state index contributed by atoms with van der Waals surface area (Å²) in [6.07, 6.45) is 0. The van der Waals surface area contributed by atoms with Crippen molar-refractivity contribution in [3.8, 4) is 5.75 Å². The van der Waals surface area contributed by atoms with Gasteiger partial charge in [0.05, 0.1) is 0 Å². The highest BCUT2D eigenvalue weighted by atomic mass is 79.9. The van der Waals surface area contributed by atoms with E-state index in [1.165, 1.54) is 0 Å². The van der Waals surface area contributed by atoms with Gasteiger partial charge >= 0.3 is 0 Å². The highest BCUT2D eigenvalue weighted by Crippen LogP contribution is 2.23. The van der Waals surface area contributed by atoms with Crippen LogP contribution < -0.4 is 0 Å². The summed E-state index contributed by atoms with van der Waals surface area (Å²) in [5.74, 6) is 1.66. The van der Waals surface area contributed by atoms with Crippen LogP contribution >= 0.6 is 15.9 Å². The number of hydrogen-bond acceptors (Lipinski definition) is 2. The van der Waals surface area contributed by atoms with Crippen molar-refractivity contribution in [1.82, 2.24) is 4.90 Å². The van der Waals surface area contributed by atoms with Gasteiger partial charge in [-0.2, -0.15) is 0 Å². The molecule has 0 saturated carbocycles. The Hall–Kier alpha value is -0.540. The largest absolute Gasteiger partial charge is 0.508 e. The lowest BCUT2D eigenvalue weighted by Crippen LogP contribution is -2.30. The third kappa shape index (κ3) is 5.40. The van der Waals surface area contributed by atoms with E-state index < -0.39 is 0 Å². The molecule has 0 spiro atoms. The molecule has 18 heavy (non-hydrogen) atoms. The SMILES string of the molecule is CC(C)CN(Cc1cc(Br)ccc1O)CC(C)C. The number of aromatic hydroxyl groups is 1. The van der Waals surface area contributed by atoms with Crippen molar-refractivity contribution in [1.29, 1.82) is 0 Å². The molecule has 0 fully saturated rings. The second-order valence-corrected chi connectivity index (χ2v) is 6.67. The van der Waals surface area contributed by atoms with E-state index in [-0.39, 0.29) is 0 Å². The summed E-state index contributed by atoms with van der Waals surface area (Å²) in [6.45, 7) is 11.8. The number of benzene rings is 1. The van der Waals surface area contributed by atoms with Crippen molar-refractivity contribution in [2.24, 2.45) is 11.8 Å². The minimum absolute atomic E-state index is 0.385. The van der Waals surface area contributed by atoms with Crippen molar-refractivity contribution in [2.45, 2.75) is 34.2 Å². The molecule has 1 aromatic rings. The highest BCUT2D eigenvalue weighted by molar-refractivity contribution is 9.10. The molecule has 1 N–H and O–H groups in total. The van der Waals surface area contributed by atoms with Gasteiger partial charge in [-0.1, -0.05) is 43.6 Å². The van der Waals surface area contributed by atoms with E-state index in [2.05, 4.69) is 48.5 Å². The van der Waals surface area contributed by atoms with Gasteiger partial charge < -0.3 is 5.11 Å². The van der Waals surface area contributed by atoms with Crippen LogP contribution in [0.25, 0.3) is 0 Å². The summed E-state index contributed by atoms with van der Waals surface area (Å²) >= 11 is 3.46. The van der Waals surface area contributed by atoms with E-state index in [1.54, 1.807) is 6.07 Å². The minimum atomic E-state index is 0.385. The fourth-order valence-corrected chi connectivity index (χ4v) is 2.57. The van der Waals surface area contributed by atoms with Crippen LogP contribution in [0.15, 0.2) is 22.7 Å². The second kappa shape index (κ2) is 7.15. The maximum Gasteiger partial charge on any atom is 0.120 e. The summed E-state index contributed by atoms with van der Waals surface area (Å²) < 4.78 is 1.02. The molecule has 0 aliphatic carbocycles. The average molecular weight is 314 g/mol. The maximum absolute atomic E-state index is 9.90. The number of hydrogen-bond donors (Lipinski definition) is 1. The van der Waals surface area contributed by atoms with Gasteiger partial charge in [-0.05, 0) is 30.0 Å². The normalized spacial score (nSPS) is 11.8. The van der Waals surface area contributed by atoms with Crippen LogP contribution in [0.5, 0.6) is 5.75 Å². The van der Waals surface area contributed by atoms with Crippen molar-refractivity contribution in [3.05, 3.63) is 28.2 Å². The van der Waals surface area contributed by atoms with E-state index in [4.69, 9.17) is 0 Å². The number of phenolic OH excluding ortho intramolecular Hbond substituents is 1. The van der Waals surface area contributed by atoms with Gasteiger partial charge in [-0.15, -0.1) is 0 Å². The monoisotopic (exact) mass is 313 g/mol. The van der Waals surface area contributed by atoms with Crippen LogP contribution in [0.1, 0.15) is 33.3 Å². The molecule has 2 nitrogen and oxygen atoms in total. The van der Waals surface area contributed by atoms with Gasteiger partial charge in [-0.25, -0.2) is 0 Å². The molecule has 102 valence electrons. The molecule has 0 aliphatic rings. The summed E-state index contributed by atoms with van der Waals surface area (Å²) in [6, 6.07) is 5.62. The van der Waals surface area contributed by atoms with Crippen LogP contribution in [0, 0.1) is 11.8 Å². The molecule has 0 aliphatic heterocycles. The van der Waals surface area contributed by atoms with Crippen LogP contribution in [-0.4, -0.2) is 23.1 Å². The highest BCUT2D eigenvalue weighted by Gasteiger charge is 2.12.